The number of aryl methyl sites for hydroxylation is 2. The fourth-order valence-corrected chi connectivity index (χ4v) is 6.39. The van der Waals surface area contributed by atoms with Crippen LogP contribution in [0.4, 0.5) is 18.9 Å². The van der Waals surface area contributed by atoms with E-state index in [1.807, 2.05) is 19.1 Å². The third kappa shape index (κ3) is 5.96. The fraction of sp³-hybridized carbons (Fsp3) is 0.152. The van der Waals surface area contributed by atoms with Crippen LogP contribution in [0.25, 0.3) is 22.0 Å². The van der Waals surface area contributed by atoms with E-state index in [-0.39, 0.29) is 33.6 Å². The summed E-state index contributed by atoms with van der Waals surface area (Å²) < 4.78 is 76.9. The number of carbonyl (C=O) groups excluding carboxylic acids is 1. The van der Waals surface area contributed by atoms with Crippen molar-refractivity contribution < 1.29 is 31.1 Å². The van der Waals surface area contributed by atoms with Crippen molar-refractivity contribution in [1.82, 2.24) is 4.98 Å². The molecule has 1 heterocycles. The van der Waals surface area contributed by atoms with Gasteiger partial charge in [-0.05, 0) is 67.4 Å². The number of fused-ring (bicyclic) bond motifs is 1. The molecule has 0 N–H and O–H groups in total. The van der Waals surface area contributed by atoms with E-state index in [9.17, 15) is 26.4 Å². The van der Waals surface area contributed by atoms with E-state index in [1.54, 1.807) is 49.4 Å². The number of hydrogen-bond acceptors (Lipinski definition) is 5. The summed E-state index contributed by atoms with van der Waals surface area (Å²) in [4.78, 5) is 16.5. The van der Waals surface area contributed by atoms with Crippen molar-refractivity contribution in [3.8, 4) is 11.1 Å². The van der Waals surface area contributed by atoms with E-state index in [1.165, 1.54) is 37.4 Å². The van der Waals surface area contributed by atoms with E-state index >= 15 is 0 Å². The molecule has 1 aromatic heterocycles. The molecule has 0 aliphatic carbocycles. The van der Waals surface area contributed by atoms with Gasteiger partial charge in [0.2, 0.25) is 0 Å². The van der Waals surface area contributed by atoms with E-state index in [0.29, 0.717) is 22.4 Å². The number of esters is 1. The first-order chi connectivity index (χ1) is 20.4. The minimum atomic E-state index is -4.67. The second kappa shape index (κ2) is 11.5. The lowest BCUT2D eigenvalue weighted by Gasteiger charge is -2.29. The van der Waals surface area contributed by atoms with E-state index in [2.05, 4.69) is 4.98 Å². The molecule has 0 unspecified atom stereocenters. The van der Waals surface area contributed by atoms with Crippen LogP contribution >= 0.6 is 0 Å². The van der Waals surface area contributed by atoms with Gasteiger partial charge in [0.15, 0.2) is 0 Å². The molecule has 0 bridgehead atoms. The highest BCUT2D eigenvalue weighted by Gasteiger charge is 2.34. The van der Waals surface area contributed by atoms with Crippen molar-refractivity contribution in [2.75, 3.05) is 11.4 Å². The molecule has 0 atom stereocenters. The lowest BCUT2D eigenvalue weighted by molar-refractivity contribution is -0.137. The second-order valence-corrected chi connectivity index (χ2v) is 11.9. The van der Waals surface area contributed by atoms with Crippen LogP contribution < -0.4 is 4.31 Å². The van der Waals surface area contributed by atoms with Crippen LogP contribution in [-0.2, 0) is 27.5 Å². The molecule has 5 rings (SSSR count). The molecule has 43 heavy (non-hydrogen) atoms. The Morgan fingerprint density at radius 3 is 2.14 bits per heavy atom. The molecule has 4 aromatic carbocycles. The Bertz CT molecular complexity index is 1910. The Kier molecular flexibility index (Phi) is 7.98. The quantitative estimate of drug-likeness (QED) is 0.178. The first-order valence-corrected chi connectivity index (χ1v) is 14.7. The van der Waals surface area contributed by atoms with Gasteiger partial charge in [-0.15, -0.1) is 0 Å². The van der Waals surface area contributed by atoms with E-state index in [0.717, 1.165) is 22.0 Å². The highest BCUT2D eigenvalue weighted by Crippen LogP contribution is 2.43. The highest BCUT2D eigenvalue weighted by atomic mass is 32.2. The lowest BCUT2D eigenvalue weighted by atomic mass is 9.97. The van der Waals surface area contributed by atoms with Gasteiger partial charge in [-0.1, -0.05) is 60.2 Å². The summed E-state index contributed by atoms with van der Waals surface area (Å²) in [6.45, 7) is 3.41. The Balaban J connectivity index is 1.86. The average Bonchev–Trinajstić information content (AvgIpc) is 2.99. The van der Waals surface area contributed by atoms with Gasteiger partial charge in [-0.3, -0.25) is 9.29 Å². The molecule has 0 aliphatic heterocycles. The van der Waals surface area contributed by atoms with Crippen molar-refractivity contribution in [1.29, 1.82) is 0 Å². The largest absolute Gasteiger partial charge is 0.465 e. The number of rotatable bonds is 7. The number of nitrogens with zero attached hydrogens (tertiary/aromatic N) is 2. The molecule has 6 nitrogen and oxygen atoms in total. The summed E-state index contributed by atoms with van der Waals surface area (Å²) >= 11 is 0. The number of hydrogen-bond donors (Lipinski definition) is 0. The lowest BCUT2D eigenvalue weighted by Crippen LogP contribution is -2.31. The van der Waals surface area contributed by atoms with Gasteiger partial charge in [0.05, 0.1) is 40.9 Å². The van der Waals surface area contributed by atoms with Crippen molar-refractivity contribution in [2.24, 2.45) is 0 Å². The number of anilines is 1. The molecule has 10 heteroatoms. The van der Waals surface area contributed by atoms with Crippen LogP contribution in [0, 0.1) is 13.8 Å². The van der Waals surface area contributed by atoms with Gasteiger partial charge in [-0.25, -0.2) is 13.2 Å². The topological polar surface area (TPSA) is 76.6 Å². The number of aromatic nitrogens is 1. The van der Waals surface area contributed by atoms with Crippen LogP contribution in [0.2, 0.25) is 0 Å². The van der Waals surface area contributed by atoms with Crippen molar-refractivity contribution in [3.63, 3.8) is 0 Å². The Morgan fingerprint density at radius 1 is 0.884 bits per heavy atom. The highest BCUT2D eigenvalue weighted by molar-refractivity contribution is 7.92. The predicted octanol–water partition coefficient (Wildman–Crippen LogP) is 7.72. The van der Waals surface area contributed by atoms with Gasteiger partial charge >= 0.3 is 12.1 Å². The molecule has 0 saturated heterocycles. The third-order valence-electron chi connectivity index (χ3n) is 7.09. The smallest absolute Gasteiger partial charge is 0.416 e. The number of sulfonamides is 1. The van der Waals surface area contributed by atoms with Crippen molar-refractivity contribution in [3.05, 3.63) is 125 Å². The average molecular weight is 605 g/mol. The molecule has 220 valence electrons. The number of halogens is 3. The van der Waals surface area contributed by atoms with Gasteiger partial charge in [0.1, 0.15) is 0 Å². The maximum absolute atomic E-state index is 14.5. The predicted molar refractivity (Wildman–Crippen MR) is 159 cm³/mol. The number of benzene rings is 4. The van der Waals surface area contributed by atoms with Crippen LogP contribution in [0.5, 0.6) is 0 Å². The Hall–Kier alpha value is -4.70. The monoisotopic (exact) mass is 604 g/mol. The molecule has 0 radical (unpaired) electrons. The van der Waals surface area contributed by atoms with Gasteiger partial charge in [-0.2, -0.15) is 13.2 Å². The Morgan fingerprint density at radius 2 is 1.53 bits per heavy atom. The normalized spacial score (nSPS) is 11.9. The van der Waals surface area contributed by atoms with Gasteiger partial charge in [0, 0.05) is 16.6 Å². The number of carbonyl (C=O) groups is 1. The van der Waals surface area contributed by atoms with E-state index < -0.39 is 27.7 Å². The number of pyridine rings is 1. The number of ether oxygens (including phenoxy) is 1. The molecule has 0 spiro atoms. The summed E-state index contributed by atoms with van der Waals surface area (Å²) in [5.41, 5.74) is 2.50. The van der Waals surface area contributed by atoms with E-state index in [4.69, 9.17) is 4.74 Å². The first kappa shape index (κ1) is 29.8. The number of methoxy groups -OCH3 is 1. The zero-order valence-corrected chi connectivity index (χ0v) is 24.3. The summed E-state index contributed by atoms with van der Waals surface area (Å²) in [6.07, 6.45) is -4.67. The SMILES string of the molecule is COC(=O)c1ccc(S(=O)(=O)N(Cc2ccc(C)cc2)c2c(-c3ccccc3)c(C)nc3ccc(C(F)(F)F)cc23)cc1. The summed E-state index contributed by atoms with van der Waals surface area (Å²) in [5.74, 6) is -0.637. The first-order valence-electron chi connectivity index (χ1n) is 13.2. The zero-order valence-electron chi connectivity index (χ0n) is 23.5. The minimum Gasteiger partial charge on any atom is -0.465 e. The molecule has 0 amide bonds. The molecule has 0 saturated carbocycles. The minimum absolute atomic E-state index is 0.0288. The maximum atomic E-state index is 14.5. The van der Waals surface area contributed by atoms with Crippen LogP contribution in [0.3, 0.4) is 0 Å². The summed E-state index contributed by atoms with van der Waals surface area (Å²) in [7, 11) is -3.21. The fourth-order valence-electron chi connectivity index (χ4n) is 4.90. The molecular weight excluding hydrogens is 577 g/mol. The molecule has 0 aliphatic rings. The summed E-state index contributed by atoms with van der Waals surface area (Å²) in [6, 6.07) is 24.4. The molecule has 5 aromatic rings. The van der Waals surface area contributed by atoms with Gasteiger partial charge in [0.25, 0.3) is 10.0 Å². The standard InChI is InChI=1S/C33H27F3N2O4S/c1-21-9-11-23(12-10-21)20-38(43(40,41)27-16-13-25(14-17-27)32(39)42-3)31-28-19-26(33(34,35)36)15-18-29(28)37-22(2)30(31)24-7-5-4-6-8-24/h4-19H,20H2,1-3H3. The number of alkyl halides is 3. The third-order valence-corrected chi connectivity index (χ3v) is 8.85. The maximum Gasteiger partial charge on any atom is 0.416 e. The van der Waals surface area contributed by atoms with Gasteiger partial charge < -0.3 is 4.74 Å². The molecular formula is C33H27F3N2O4S. The zero-order chi connectivity index (χ0) is 30.9. The van der Waals surface area contributed by atoms with Crippen LogP contribution in [0.15, 0.2) is 102 Å². The second-order valence-electron chi connectivity index (χ2n) is 10.0. The van der Waals surface area contributed by atoms with Crippen molar-refractivity contribution in [2.45, 2.75) is 31.5 Å². The van der Waals surface area contributed by atoms with Crippen LogP contribution in [-0.4, -0.2) is 26.5 Å². The Labute approximate surface area is 247 Å². The van der Waals surface area contributed by atoms with Crippen LogP contribution in [0.1, 0.15) is 32.7 Å². The summed E-state index contributed by atoms with van der Waals surface area (Å²) in [5, 5.41) is 0.0288. The molecule has 0 fully saturated rings. The van der Waals surface area contributed by atoms with Crippen molar-refractivity contribution >= 4 is 32.6 Å².